The van der Waals surface area contributed by atoms with E-state index in [1.807, 2.05) is 0 Å². The highest BCUT2D eigenvalue weighted by Crippen LogP contribution is 2.22. The lowest BCUT2D eigenvalue weighted by molar-refractivity contribution is -0.118. The van der Waals surface area contributed by atoms with Gasteiger partial charge in [-0.25, -0.2) is 4.39 Å². The van der Waals surface area contributed by atoms with Crippen molar-refractivity contribution in [3.8, 4) is 5.75 Å². The number of amides is 1. The van der Waals surface area contributed by atoms with Crippen LogP contribution in [0.2, 0.25) is 0 Å². The Hall–Kier alpha value is -2.45. The molecular formula is C16H21FN4O3. The van der Waals surface area contributed by atoms with Gasteiger partial charge in [-0.05, 0) is 19.2 Å². The molecule has 0 saturated heterocycles. The highest BCUT2D eigenvalue weighted by Gasteiger charge is 2.20. The van der Waals surface area contributed by atoms with E-state index in [9.17, 15) is 9.18 Å². The number of aromatic nitrogens is 2. The fourth-order valence-corrected chi connectivity index (χ4v) is 2.18. The number of ether oxygens (including phenoxy) is 2. The second-order valence-corrected chi connectivity index (χ2v) is 5.14. The van der Waals surface area contributed by atoms with Crippen LogP contribution in [0.15, 0.2) is 30.6 Å². The van der Waals surface area contributed by atoms with E-state index in [1.54, 1.807) is 44.3 Å². The first-order valence-corrected chi connectivity index (χ1v) is 7.43. The Morgan fingerprint density at radius 2 is 2.21 bits per heavy atom. The van der Waals surface area contributed by atoms with Gasteiger partial charge >= 0.3 is 0 Å². The van der Waals surface area contributed by atoms with E-state index in [2.05, 4.69) is 15.7 Å². The molecule has 1 aromatic carbocycles. The van der Waals surface area contributed by atoms with Crippen LogP contribution in [-0.2, 0) is 16.6 Å². The number of carbonyl (C=O) groups is 1. The van der Waals surface area contributed by atoms with Gasteiger partial charge in [0.25, 0.3) is 0 Å². The van der Waals surface area contributed by atoms with Gasteiger partial charge in [0.05, 0.1) is 12.8 Å². The first kappa shape index (κ1) is 17.9. The number of carbonyl (C=O) groups excluding carboxylic acids is 1. The molecule has 1 amide bonds. The van der Waals surface area contributed by atoms with Crippen LogP contribution in [0.3, 0.4) is 0 Å². The average Bonchev–Trinajstić information content (AvgIpc) is 2.96. The lowest BCUT2D eigenvalue weighted by Crippen LogP contribution is -2.30. The number of nitrogens with one attached hydrogen (secondary N) is 2. The fraction of sp³-hybridized carbons (Fsp3) is 0.375. The van der Waals surface area contributed by atoms with Crippen LogP contribution in [0.25, 0.3) is 0 Å². The van der Waals surface area contributed by atoms with Crippen molar-refractivity contribution in [3.63, 3.8) is 0 Å². The van der Waals surface area contributed by atoms with Gasteiger partial charge in [-0.15, -0.1) is 0 Å². The Bertz CT molecular complexity index is 690. The summed E-state index contributed by atoms with van der Waals surface area (Å²) < 4.78 is 25.7. The first-order chi connectivity index (χ1) is 11.5. The summed E-state index contributed by atoms with van der Waals surface area (Å²) in [6.45, 7) is 0.620. The summed E-state index contributed by atoms with van der Waals surface area (Å²) in [6, 6.07) is 3.69. The van der Waals surface area contributed by atoms with Gasteiger partial charge in [0.2, 0.25) is 5.91 Å². The Morgan fingerprint density at radius 3 is 2.79 bits per heavy atom. The minimum absolute atomic E-state index is 0.113. The van der Waals surface area contributed by atoms with E-state index in [4.69, 9.17) is 9.47 Å². The third-order valence-electron chi connectivity index (χ3n) is 3.35. The van der Waals surface area contributed by atoms with Crippen molar-refractivity contribution < 1.29 is 18.7 Å². The molecule has 24 heavy (non-hydrogen) atoms. The second-order valence-electron chi connectivity index (χ2n) is 5.14. The van der Waals surface area contributed by atoms with Crippen molar-refractivity contribution >= 4 is 11.6 Å². The molecule has 0 saturated carbocycles. The zero-order chi connectivity index (χ0) is 17.5. The molecule has 1 aromatic heterocycles. The number of methoxy groups -OCH3 is 1. The van der Waals surface area contributed by atoms with Crippen LogP contribution >= 0.6 is 0 Å². The zero-order valence-corrected chi connectivity index (χ0v) is 13.9. The quantitative estimate of drug-likeness (QED) is 0.714. The standard InChI is InChI=1S/C16H21FN4O3/c1-18-15(11-9-19-21(2)10-11)16(22)20-12-4-5-14(13(17)8-12)24-7-6-23-3/h4-5,8-10,15,18H,6-7H2,1-3H3,(H,20,22). The average molecular weight is 336 g/mol. The molecule has 1 heterocycles. The summed E-state index contributed by atoms with van der Waals surface area (Å²) in [5, 5.41) is 9.64. The monoisotopic (exact) mass is 336 g/mol. The van der Waals surface area contributed by atoms with Gasteiger partial charge in [-0.3, -0.25) is 9.48 Å². The van der Waals surface area contributed by atoms with Gasteiger partial charge in [0, 0.05) is 37.7 Å². The molecule has 0 fully saturated rings. The number of aryl methyl sites for hydroxylation is 1. The Labute approximate surface area is 139 Å². The molecule has 7 nitrogen and oxygen atoms in total. The van der Waals surface area contributed by atoms with Crippen molar-refractivity contribution in [1.82, 2.24) is 15.1 Å². The number of halogens is 1. The van der Waals surface area contributed by atoms with Gasteiger partial charge < -0.3 is 20.1 Å². The molecule has 0 aliphatic carbocycles. The molecule has 0 spiro atoms. The highest BCUT2D eigenvalue weighted by atomic mass is 19.1. The van der Waals surface area contributed by atoms with Crippen molar-refractivity contribution in [2.24, 2.45) is 7.05 Å². The lowest BCUT2D eigenvalue weighted by atomic mass is 10.1. The Morgan fingerprint density at radius 1 is 1.42 bits per heavy atom. The predicted octanol–water partition coefficient (Wildman–Crippen LogP) is 1.48. The first-order valence-electron chi connectivity index (χ1n) is 7.43. The summed E-state index contributed by atoms with van der Waals surface area (Å²) in [5.41, 5.74) is 1.07. The molecule has 0 aliphatic rings. The molecule has 8 heteroatoms. The highest BCUT2D eigenvalue weighted by molar-refractivity contribution is 5.95. The summed E-state index contributed by atoms with van der Waals surface area (Å²) in [4.78, 5) is 12.4. The normalized spacial score (nSPS) is 12.0. The number of hydrogen-bond acceptors (Lipinski definition) is 5. The van der Waals surface area contributed by atoms with E-state index in [1.165, 1.54) is 12.1 Å². The smallest absolute Gasteiger partial charge is 0.246 e. The number of nitrogens with zero attached hydrogens (tertiary/aromatic N) is 2. The third-order valence-corrected chi connectivity index (χ3v) is 3.35. The maximum absolute atomic E-state index is 14.0. The summed E-state index contributed by atoms with van der Waals surface area (Å²) in [7, 11) is 4.98. The van der Waals surface area contributed by atoms with Crippen molar-refractivity contribution in [2.75, 3.05) is 32.7 Å². The van der Waals surface area contributed by atoms with Crippen molar-refractivity contribution in [3.05, 3.63) is 42.0 Å². The SMILES string of the molecule is CNC(C(=O)Nc1ccc(OCCOC)c(F)c1)c1cnn(C)c1. The number of hydrogen-bond donors (Lipinski definition) is 2. The van der Waals surface area contributed by atoms with E-state index in [0.717, 1.165) is 5.56 Å². The van der Waals surface area contributed by atoms with E-state index in [-0.39, 0.29) is 18.3 Å². The molecule has 0 aliphatic heterocycles. The van der Waals surface area contributed by atoms with Crippen molar-refractivity contribution in [2.45, 2.75) is 6.04 Å². The fourth-order valence-electron chi connectivity index (χ4n) is 2.18. The van der Waals surface area contributed by atoms with Gasteiger partial charge in [0.15, 0.2) is 11.6 Å². The van der Waals surface area contributed by atoms with Crippen LogP contribution in [0.5, 0.6) is 5.75 Å². The van der Waals surface area contributed by atoms with E-state index < -0.39 is 11.9 Å². The minimum atomic E-state index is -0.584. The summed E-state index contributed by atoms with van der Waals surface area (Å²) >= 11 is 0. The molecule has 1 atom stereocenters. The summed E-state index contributed by atoms with van der Waals surface area (Å²) in [5.74, 6) is -0.744. The van der Waals surface area contributed by atoms with E-state index >= 15 is 0 Å². The maximum Gasteiger partial charge on any atom is 0.246 e. The topological polar surface area (TPSA) is 77.4 Å². The minimum Gasteiger partial charge on any atom is -0.488 e. The lowest BCUT2D eigenvalue weighted by Gasteiger charge is -2.15. The molecule has 130 valence electrons. The van der Waals surface area contributed by atoms with Crippen LogP contribution < -0.4 is 15.4 Å². The number of likely N-dealkylation sites (N-methyl/N-ethyl adjacent to an activating group) is 1. The van der Waals surface area contributed by atoms with Crippen LogP contribution in [0.1, 0.15) is 11.6 Å². The van der Waals surface area contributed by atoms with Crippen LogP contribution in [0.4, 0.5) is 10.1 Å². The van der Waals surface area contributed by atoms with Crippen LogP contribution in [-0.4, -0.2) is 43.1 Å². The number of rotatable bonds is 8. The van der Waals surface area contributed by atoms with Gasteiger partial charge in [0.1, 0.15) is 12.6 Å². The van der Waals surface area contributed by atoms with Crippen LogP contribution in [0, 0.1) is 5.82 Å². The molecule has 2 rings (SSSR count). The second kappa shape index (κ2) is 8.42. The molecular weight excluding hydrogens is 315 g/mol. The maximum atomic E-state index is 14.0. The molecule has 2 aromatic rings. The largest absolute Gasteiger partial charge is 0.488 e. The van der Waals surface area contributed by atoms with E-state index in [0.29, 0.717) is 12.3 Å². The molecule has 0 radical (unpaired) electrons. The number of anilines is 1. The molecule has 2 N–H and O–H groups in total. The Kier molecular flexibility index (Phi) is 6.28. The predicted molar refractivity (Wildman–Crippen MR) is 87.4 cm³/mol. The van der Waals surface area contributed by atoms with Gasteiger partial charge in [-0.1, -0.05) is 0 Å². The third kappa shape index (κ3) is 4.53. The van der Waals surface area contributed by atoms with Gasteiger partial charge in [-0.2, -0.15) is 5.10 Å². The number of benzene rings is 1. The summed E-state index contributed by atoms with van der Waals surface area (Å²) in [6.07, 6.45) is 3.35. The Balaban J connectivity index is 2.04. The molecule has 0 bridgehead atoms. The van der Waals surface area contributed by atoms with Crippen molar-refractivity contribution in [1.29, 1.82) is 0 Å². The molecule has 1 unspecified atom stereocenters. The zero-order valence-electron chi connectivity index (χ0n) is 13.9.